The lowest BCUT2D eigenvalue weighted by atomic mass is 9.85. The number of rotatable bonds is 7. The molecule has 0 aromatic heterocycles. The highest BCUT2D eigenvalue weighted by molar-refractivity contribution is 6.07. The van der Waals surface area contributed by atoms with Crippen molar-refractivity contribution in [1.29, 1.82) is 0 Å². The molecule has 8 nitrogen and oxygen atoms in total. The molecule has 2 aliphatic rings. The molecule has 0 saturated carbocycles. The molecule has 1 N–H and O–H groups in total. The van der Waals surface area contributed by atoms with Gasteiger partial charge in [-0.15, -0.1) is 0 Å². The van der Waals surface area contributed by atoms with Crippen molar-refractivity contribution in [1.82, 2.24) is 4.90 Å². The summed E-state index contributed by atoms with van der Waals surface area (Å²) in [5, 5.41) is 2.59. The van der Waals surface area contributed by atoms with E-state index in [2.05, 4.69) is 5.32 Å². The Hall–Kier alpha value is -3.16. The first kappa shape index (κ1) is 19.6. The van der Waals surface area contributed by atoms with Gasteiger partial charge in [-0.05, 0) is 44.0 Å². The van der Waals surface area contributed by atoms with Crippen LogP contribution in [0.4, 0.5) is 5.69 Å². The van der Waals surface area contributed by atoms with Crippen LogP contribution in [0.2, 0.25) is 0 Å². The molecule has 28 heavy (non-hydrogen) atoms. The Morgan fingerprint density at radius 2 is 1.68 bits per heavy atom. The van der Waals surface area contributed by atoms with Gasteiger partial charge >= 0.3 is 5.97 Å². The lowest BCUT2D eigenvalue weighted by Crippen LogP contribution is -2.37. The van der Waals surface area contributed by atoms with Gasteiger partial charge in [-0.1, -0.05) is 12.2 Å². The van der Waals surface area contributed by atoms with Crippen LogP contribution in [0.5, 0.6) is 5.75 Å². The third-order valence-corrected chi connectivity index (χ3v) is 4.70. The Bertz CT molecular complexity index is 775. The van der Waals surface area contributed by atoms with E-state index in [1.54, 1.807) is 24.3 Å². The minimum Gasteiger partial charge on any atom is -0.494 e. The minimum absolute atomic E-state index is 0.352. The number of carbonyl (C=O) groups is 4. The van der Waals surface area contributed by atoms with Crippen molar-refractivity contribution in [3.8, 4) is 5.75 Å². The number of carbonyl (C=O) groups excluding carboxylic acids is 4. The molecule has 3 rings (SSSR count). The summed E-state index contributed by atoms with van der Waals surface area (Å²) in [5.74, 6) is -2.13. The summed E-state index contributed by atoms with van der Waals surface area (Å²) in [4.78, 5) is 49.5. The molecule has 0 unspecified atom stereocenters. The molecule has 2 atom stereocenters. The number of hydrogen-bond donors (Lipinski definition) is 1. The van der Waals surface area contributed by atoms with Crippen LogP contribution < -0.4 is 10.1 Å². The normalized spacial score (nSPS) is 20.7. The van der Waals surface area contributed by atoms with Crippen molar-refractivity contribution in [2.75, 3.05) is 25.1 Å². The molecule has 1 aliphatic heterocycles. The van der Waals surface area contributed by atoms with E-state index in [9.17, 15) is 19.2 Å². The molecule has 1 heterocycles. The highest BCUT2D eigenvalue weighted by atomic mass is 16.5. The van der Waals surface area contributed by atoms with Crippen molar-refractivity contribution in [2.45, 2.75) is 19.8 Å². The van der Waals surface area contributed by atoms with Gasteiger partial charge in [0, 0.05) is 5.69 Å². The summed E-state index contributed by atoms with van der Waals surface area (Å²) in [6.07, 6.45) is 4.76. The van der Waals surface area contributed by atoms with Crippen LogP contribution >= 0.6 is 0 Å². The van der Waals surface area contributed by atoms with Crippen LogP contribution in [-0.2, 0) is 23.9 Å². The summed E-state index contributed by atoms with van der Waals surface area (Å²) in [6.45, 7) is 1.44. The Balaban J connectivity index is 1.45. The van der Waals surface area contributed by atoms with Gasteiger partial charge in [-0.25, -0.2) is 0 Å². The van der Waals surface area contributed by atoms with Crippen molar-refractivity contribution in [2.24, 2.45) is 11.8 Å². The van der Waals surface area contributed by atoms with E-state index in [1.807, 2.05) is 19.1 Å². The van der Waals surface area contributed by atoms with E-state index in [4.69, 9.17) is 9.47 Å². The summed E-state index contributed by atoms with van der Waals surface area (Å²) >= 11 is 0. The summed E-state index contributed by atoms with van der Waals surface area (Å²) in [5.41, 5.74) is 0.533. The highest BCUT2D eigenvalue weighted by Gasteiger charge is 2.47. The van der Waals surface area contributed by atoms with Gasteiger partial charge in [0.05, 0.1) is 18.4 Å². The zero-order valence-corrected chi connectivity index (χ0v) is 15.6. The zero-order valence-electron chi connectivity index (χ0n) is 15.6. The Morgan fingerprint density at radius 1 is 1.07 bits per heavy atom. The molecular formula is C20H22N2O6. The first-order valence-electron chi connectivity index (χ1n) is 9.18. The smallest absolute Gasteiger partial charge is 0.326 e. The number of allylic oxidation sites excluding steroid dienone is 2. The number of imide groups is 1. The van der Waals surface area contributed by atoms with Crippen molar-refractivity contribution < 1.29 is 28.7 Å². The van der Waals surface area contributed by atoms with Gasteiger partial charge in [0.2, 0.25) is 11.8 Å². The maximum Gasteiger partial charge on any atom is 0.326 e. The molecule has 1 aliphatic carbocycles. The van der Waals surface area contributed by atoms with Crippen LogP contribution in [0.3, 0.4) is 0 Å². The third-order valence-electron chi connectivity index (χ3n) is 4.70. The van der Waals surface area contributed by atoms with E-state index < -0.39 is 36.9 Å². The summed E-state index contributed by atoms with van der Waals surface area (Å²) < 4.78 is 10.2. The number of ether oxygens (including phenoxy) is 2. The number of likely N-dealkylation sites (tertiary alicyclic amines) is 1. The number of amides is 3. The van der Waals surface area contributed by atoms with Crippen LogP contribution in [0.1, 0.15) is 19.8 Å². The number of nitrogens with zero attached hydrogens (tertiary/aromatic N) is 1. The largest absolute Gasteiger partial charge is 0.494 e. The fourth-order valence-corrected chi connectivity index (χ4v) is 3.34. The van der Waals surface area contributed by atoms with Crippen LogP contribution in [0.15, 0.2) is 36.4 Å². The van der Waals surface area contributed by atoms with E-state index in [1.165, 1.54) is 0 Å². The van der Waals surface area contributed by atoms with Crippen molar-refractivity contribution in [3.05, 3.63) is 36.4 Å². The van der Waals surface area contributed by atoms with E-state index >= 15 is 0 Å². The van der Waals surface area contributed by atoms with Gasteiger partial charge in [-0.3, -0.25) is 24.1 Å². The Labute approximate surface area is 162 Å². The number of benzene rings is 1. The number of hydrogen-bond acceptors (Lipinski definition) is 6. The molecule has 0 radical (unpaired) electrons. The molecule has 148 valence electrons. The number of fused-ring (bicyclic) bond motifs is 1. The number of esters is 1. The van der Waals surface area contributed by atoms with Crippen molar-refractivity contribution in [3.63, 3.8) is 0 Å². The van der Waals surface area contributed by atoms with Crippen LogP contribution in [0.25, 0.3) is 0 Å². The SMILES string of the molecule is CCOc1ccc(NC(=O)COC(=O)CN2C(=O)[C@H]3CC=CC[C@@H]3C2=O)cc1. The summed E-state index contributed by atoms with van der Waals surface area (Å²) in [6, 6.07) is 6.76. The molecule has 0 bridgehead atoms. The second-order valence-corrected chi connectivity index (χ2v) is 6.58. The van der Waals surface area contributed by atoms with Gasteiger partial charge in [0.25, 0.3) is 5.91 Å². The molecule has 1 fully saturated rings. The summed E-state index contributed by atoms with van der Waals surface area (Å²) in [7, 11) is 0. The second kappa shape index (κ2) is 8.69. The first-order valence-corrected chi connectivity index (χ1v) is 9.18. The average Bonchev–Trinajstić information content (AvgIpc) is 2.93. The maximum absolute atomic E-state index is 12.3. The Morgan fingerprint density at radius 3 is 2.25 bits per heavy atom. The monoisotopic (exact) mass is 386 g/mol. The van der Waals surface area contributed by atoms with E-state index in [-0.39, 0.29) is 11.8 Å². The molecule has 1 aromatic rings. The quantitative estimate of drug-likeness (QED) is 0.433. The average molecular weight is 386 g/mol. The van der Waals surface area contributed by atoms with Crippen LogP contribution in [-0.4, -0.2) is 48.3 Å². The fraction of sp³-hybridized carbons (Fsp3) is 0.400. The number of nitrogens with one attached hydrogen (secondary N) is 1. The first-order chi connectivity index (χ1) is 13.5. The molecule has 0 spiro atoms. The van der Waals surface area contributed by atoms with Crippen molar-refractivity contribution >= 4 is 29.4 Å². The highest BCUT2D eigenvalue weighted by Crippen LogP contribution is 2.34. The predicted octanol–water partition coefficient (Wildman–Crippen LogP) is 1.52. The standard InChI is InChI=1S/C20H22N2O6/c1-2-27-14-9-7-13(8-10-14)21-17(23)12-28-18(24)11-22-19(25)15-5-3-4-6-16(15)20(22)26/h3-4,7-10,15-16H,2,5-6,11-12H2,1H3,(H,21,23)/t15-,16-/m0/s1. The lowest BCUT2D eigenvalue weighted by molar-refractivity contribution is -0.154. The van der Waals surface area contributed by atoms with Crippen LogP contribution in [0, 0.1) is 11.8 Å². The predicted molar refractivity (Wildman–Crippen MR) is 99.3 cm³/mol. The third kappa shape index (κ3) is 4.39. The zero-order chi connectivity index (χ0) is 20.1. The van der Waals surface area contributed by atoms with Gasteiger partial charge in [-0.2, -0.15) is 0 Å². The minimum atomic E-state index is -0.796. The second-order valence-electron chi connectivity index (χ2n) is 6.58. The van der Waals surface area contributed by atoms with Gasteiger partial charge < -0.3 is 14.8 Å². The van der Waals surface area contributed by atoms with E-state index in [0.29, 0.717) is 30.9 Å². The Kier molecular flexibility index (Phi) is 6.08. The number of anilines is 1. The molecule has 3 amide bonds. The molecule has 1 aromatic carbocycles. The molecule has 8 heteroatoms. The van der Waals surface area contributed by atoms with Gasteiger partial charge in [0.15, 0.2) is 6.61 Å². The topological polar surface area (TPSA) is 102 Å². The maximum atomic E-state index is 12.3. The lowest BCUT2D eigenvalue weighted by Gasteiger charge is -2.14. The molecule has 1 saturated heterocycles. The van der Waals surface area contributed by atoms with E-state index in [0.717, 1.165) is 4.90 Å². The van der Waals surface area contributed by atoms with Gasteiger partial charge in [0.1, 0.15) is 12.3 Å². The molecular weight excluding hydrogens is 364 g/mol. The fourth-order valence-electron chi connectivity index (χ4n) is 3.34.